The van der Waals surface area contributed by atoms with E-state index in [2.05, 4.69) is 42.0 Å². The van der Waals surface area contributed by atoms with Crippen LogP contribution >= 0.6 is 15.9 Å². The number of carbonyl (C=O) groups excluding carboxylic acids is 1. The fraction of sp³-hybridized carbons (Fsp3) is 0.350. The maximum absolute atomic E-state index is 12.8. The first kappa shape index (κ1) is 22.4. The number of nitrogens with one attached hydrogen (secondary N) is 1. The van der Waals surface area contributed by atoms with Gasteiger partial charge in [0.25, 0.3) is 5.91 Å². The molecule has 0 atom stereocenters. The number of benzene rings is 2. The molecular weight excluding hydrogens is 444 g/mol. The second-order valence-electron chi connectivity index (χ2n) is 7.55. The zero-order valence-electron chi connectivity index (χ0n) is 16.8. The average Bonchev–Trinajstić information content (AvgIpc) is 2.60. The molecular formula is C20H25BrN2O4S. The van der Waals surface area contributed by atoms with Gasteiger partial charge in [0.15, 0.2) is 0 Å². The third-order valence-electron chi connectivity index (χ3n) is 4.27. The van der Waals surface area contributed by atoms with E-state index in [-0.39, 0.29) is 15.9 Å². The topological polar surface area (TPSA) is 75.7 Å². The second-order valence-corrected chi connectivity index (χ2v) is 10.5. The van der Waals surface area contributed by atoms with Crippen LogP contribution in [0.3, 0.4) is 0 Å². The first-order chi connectivity index (χ1) is 12.9. The summed E-state index contributed by atoms with van der Waals surface area (Å²) in [7, 11) is 0.721. The number of rotatable bonds is 5. The number of sulfonamides is 1. The van der Waals surface area contributed by atoms with Crippen LogP contribution in [0.4, 0.5) is 5.69 Å². The van der Waals surface area contributed by atoms with Crippen molar-refractivity contribution in [3.05, 3.63) is 52.0 Å². The summed E-state index contributed by atoms with van der Waals surface area (Å²) in [6.45, 7) is 6.23. The number of anilines is 1. The highest BCUT2D eigenvalue weighted by atomic mass is 79.9. The number of carbonyl (C=O) groups is 1. The molecule has 0 heterocycles. The summed E-state index contributed by atoms with van der Waals surface area (Å²) in [5, 5.41) is 2.83. The van der Waals surface area contributed by atoms with Crippen molar-refractivity contribution in [2.75, 3.05) is 26.5 Å². The number of halogens is 1. The lowest BCUT2D eigenvalue weighted by Gasteiger charge is -2.21. The largest absolute Gasteiger partial charge is 0.495 e. The van der Waals surface area contributed by atoms with Crippen molar-refractivity contribution < 1.29 is 17.9 Å². The number of nitrogens with zero attached hydrogens (tertiary/aromatic N) is 1. The molecule has 1 N–H and O–H groups in total. The molecule has 0 aliphatic rings. The van der Waals surface area contributed by atoms with E-state index < -0.39 is 15.9 Å². The summed E-state index contributed by atoms with van der Waals surface area (Å²) in [5.74, 6) is 0.103. The minimum Gasteiger partial charge on any atom is -0.495 e. The number of ether oxygens (including phenoxy) is 1. The summed E-state index contributed by atoms with van der Waals surface area (Å²) >= 11 is 3.25. The Kier molecular flexibility index (Phi) is 6.58. The Labute approximate surface area is 175 Å². The molecule has 8 heteroatoms. The second kappa shape index (κ2) is 8.23. The number of methoxy groups -OCH3 is 1. The zero-order valence-corrected chi connectivity index (χ0v) is 19.2. The lowest BCUT2D eigenvalue weighted by molar-refractivity contribution is 0.102. The Hall–Kier alpha value is -1.90. The van der Waals surface area contributed by atoms with Crippen LogP contribution in [0.2, 0.25) is 0 Å². The van der Waals surface area contributed by atoms with Crippen LogP contribution < -0.4 is 10.1 Å². The molecule has 1 amide bonds. The number of hydrogen-bond acceptors (Lipinski definition) is 4. The van der Waals surface area contributed by atoms with Crippen molar-refractivity contribution in [3.63, 3.8) is 0 Å². The van der Waals surface area contributed by atoms with Crippen LogP contribution in [-0.2, 0) is 15.4 Å². The Morgan fingerprint density at radius 3 is 2.29 bits per heavy atom. The predicted molar refractivity (Wildman–Crippen MR) is 115 cm³/mol. The van der Waals surface area contributed by atoms with Gasteiger partial charge in [0.05, 0.1) is 17.7 Å². The van der Waals surface area contributed by atoms with Crippen LogP contribution in [0.15, 0.2) is 45.8 Å². The van der Waals surface area contributed by atoms with E-state index in [1.54, 1.807) is 18.2 Å². The molecule has 0 bridgehead atoms. The highest BCUT2D eigenvalue weighted by Crippen LogP contribution is 2.32. The average molecular weight is 469 g/mol. The molecule has 0 fully saturated rings. The van der Waals surface area contributed by atoms with E-state index in [1.165, 1.54) is 27.3 Å². The van der Waals surface area contributed by atoms with Crippen LogP contribution in [0.1, 0.15) is 36.7 Å². The molecule has 0 saturated heterocycles. The molecule has 0 saturated carbocycles. The van der Waals surface area contributed by atoms with Gasteiger partial charge in [0.2, 0.25) is 10.0 Å². The molecule has 0 aromatic heterocycles. The Balaban J connectivity index is 2.44. The van der Waals surface area contributed by atoms with Crippen LogP contribution in [0.25, 0.3) is 0 Å². The summed E-state index contributed by atoms with van der Waals surface area (Å²) in [4.78, 5) is 12.8. The van der Waals surface area contributed by atoms with Gasteiger partial charge in [-0.3, -0.25) is 4.79 Å². The van der Waals surface area contributed by atoms with Gasteiger partial charge >= 0.3 is 0 Å². The minimum absolute atomic E-state index is 0.0283. The van der Waals surface area contributed by atoms with Crippen molar-refractivity contribution in [1.82, 2.24) is 4.31 Å². The van der Waals surface area contributed by atoms with Crippen molar-refractivity contribution in [2.24, 2.45) is 0 Å². The molecule has 2 aromatic carbocycles. The number of hydrogen-bond donors (Lipinski definition) is 1. The van der Waals surface area contributed by atoms with Crippen LogP contribution in [0, 0.1) is 0 Å². The summed E-state index contributed by atoms with van der Waals surface area (Å²) in [6, 6.07) is 10.1. The molecule has 6 nitrogen and oxygen atoms in total. The lowest BCUT2D eigenvalue weighted by atomic mass is 9.87. The van der Waals surface area contributed by atoms with Gasteiger partial charge in [-0.25, -0.2) is 12.7 Å². The van der Waals surface area contributed by atoms with E-state index in [9.17, 15) is 13.2 Å². The van der Waals surface area contributed by atoms with E-state index in [4.69, 9.17) is 4.74 Å². The van der Waals surface area contributed by atoms with E-state index in [0.717, 1.165) is 9.87 Å². The van der Waals surface area contributed by atoms with E-state index in [1.807, 2.05) is 12.1 Å². The van der Waals surface area contributed by atoms with Crippen LogP contribution in [0.5, 0.6) is 5.75 Å². The molecule has 152 valence electrons. The Morgan fingerprint density at radius 1 is 1.11 bits per heavy atom. The third-order valence-corrected chi connectivity index (χ3v) is 7.07. The van der Waals surface area contributed by atoms with Gasteiger partial charge in [-0.1, -0.05) is 26.8 Å². The van der Waals surface area contributed by atoms with Gasteiger partial charge in [-0.2, -0.15) is 0 Å². The normalized spacial score (nSPS) is 12.1. The van der Waals surface area contributed by atoms with Gasteiger partial charge in [-0.15, -0.1) is 0 Å². The predicted octanol–water partition coefficient (Wildman–Crippen LogP) is 4.26. The van der Waals surface area contributed by atoms with Crippen molar-refractivity contribution >= 4 is 37.5 Å². The minimum atomic E-state index is -3.69. The molecule has 2 aromatic rings. The van der Waals surface area contributed by atoms with Gasteiger partial charge in [0, 0.05) is 24.1 Å². The Bertz CT molecular complexity index is 996. The first-order valence-electron chi connectivity index (χ1n) is 8.60. The molecule has 0 aliphatic heterocycles. The SMILES string of the molecule is COc1ccc(C(C)(C)C)cc1NC(=O)c1ccc(Br)c(S(=O)(=O)N(C)C)c1. The molecule has 0 spiro atoms. The van der Waals surface area contributed by atoms with Crippen molar-refractivity contribution in [2.45, 2.75) is 31.1 Å². The quantitative estimate of drug-likeness (QED) is 0.710. The van der Waals surface area contributed by atoms with Gasteiger partial charge in [0.1, 0.15) is 5.75 Å². The van der Waals surface area contributed by atoms with E-state index in [0.29, 0.717) is 15.9 Å². The van der Waals surface area contributed by atoms with Crippen molar-refractivity contribution in [1.29, 1.82) is 0 Å². The third kappa shape index (κ3) is 4.74. The summed E-state index contributed by atoms with van der Waals surface area (Å²) < 4.78 is 31.8. The highest BCUT2D eigenvalue weighted by molar-refractivity contribution is 9.10. The maximum Gasteiger partial charge on any atom is 0.255 e. The first-order valence-corrected chi connectivity index (χ1v) is 10.8. The molecule has 0 radical (unpaired) electrons. The fourth-order valence-electron chi connectivity index (χ4n) is 2.51. The number of amides is 1. The lowest BCUT2D eigenvalue weighted by Crippen LogP contribution is -2.23. The summed E-state index contributed by atoms with van der Waals surface area (Å²) in [5.41, 5.74) is 1.69. The monoisotopic (exact) mass is 468 g/mol. The van der Waals surface area contributed by atoms with Gasteiger partial charge < -0.3 is 10.1 Å². The fourth-order valence-corrected chi connectivity index (χ4v) is 4.35. The molecule has 0 aliphatic carbocycles. The highest BCUT2D eigenvalue weighted by Gasteiger charge is 2.23. The smallest absolute Gasteiger partial charge is 0.255 e. The standard InChI is InChI=1S/C20H25BrN2O4S/c1-20(2,3)14-8-10-17(27-6)16(12-14)22-19(24)13-7-9-15(21)18(11-13)28(25,26)23(4)5/h7-12H,1-6H3,(H,22,24). The summed E-state index contributed by atoms with van der Waals surface area (Å²) in [6.07, 6.45) is 0. The van der Waals surface area contributed by atoms with E-state index >= 15 is 0 Å². The maximum atomic E-state index is 12.8. The van der Waals surface area contributed by atoms with Crippen LogP contribution in [-0.4, -0.2) is 39.8 Å². The Morgan fingerprint density at radius 2 is 1.75 bits per heavy atom. The molecule has 0 unspecified atom stereocenters. The zero-order chi connectivity index (χ0) is 21.3. The van der Waals surface area contributed by atoms with Gasteiger partial charge in [-0.05, 0) is 57.2 Å². The molecule has 28 heavy (non-hydrogen) atoms. The molecule has 2 rings (SSSR count). The van der Waals surface area contributed by atoms with Crippen molar-refractivity contribution in [3.8, 4) is 5.75 Å².